The number of amides is 2. The van der Waals surface area contributed by atoms with E-state index in [0.717, 1.165) is 18.5 Å². The molecule has 2 amide bonds. The molecule has 0 aliphatic carbocycles. The molecule has 1 aliphatic rings. The summed E-state index contributed by atoms with van der Waals surface area (Å²) in [6.07, 6.45) is 2.03. The highest BCUT2D eigenvalue weighted by Gasteiger charge is 2.20. The summed E-state index contributed by atoms with van der Waals surface area (Å²) in [5.41, 5.74) is 1.57. The summed E-state index contributed by atoms with van der Waals surface area (Å²) in [6.45, 7) is 1.79. The highest BCUT2D eigenvalue weighted by atomic mass is 16.4. The number of rotatable bonds is 7. The van der Waals surface area contributed by atoms with E-state index in [9.17, 15) is 14.4 Å². The van der Waals surface area contributed by atoms with Crippen molar-refractivity contribution in [3.05, 3.63) is 35.4 Å². The molecule has 1 heterocycles. The molecule has 1 aromatic carbocycles. The first kappa shape index (κ1) is 17.0. The van der Waals surface area contributed by atoms with Gasteiger partial charge in [-0.1, -0.05) is 12.1 Å². The number of carboxylic acid groups (broad SMARTS) is 1. The van der Waals surface area contributed by atoms with Crippen LogP contribution in [-0.4, -0.2) is 52.8 Å². The van der Waals surface area contributed by atoms with Gasteiger partial charge in [0.2, 0.25) is 5.91 Å². The Morgan fingerprint density at radius 2 is 1.96 bits per heavy atom. The third-order valence-corrected chi connectivity index (χ3v) is 3.98. The van der Waals surface area contributed by atoms with E-state index in [1.807, 2.05) is 17.0 Å². The third kappa shape index (κ3) is 4.81. The number of likely N-dealkylation sites (tertiary alicyclic amines) is 1. The standard InChI is InChI=1S/C17H22N2O4/c1-18(10-3-5-16(21)22)17(23)14-8-6-13(7-9-14)12-19-11-2-4-15(19)20/h6-9H,2-5,10-12H2,1H3,(H,21,22). The Balaban J connectivity index is 1.89. The van der Waals surface area contributed by atoms with Crippen LogP contribution in [0.2, 0.25) is 0 Å². The number of carboxylic acids is 1. The zero-order valence-corrected chi connectivity index (χ0v) is 13.3. The largest absolute Gasteiger partial charge is 0.481 e. The third-order valence-electron chi connectivity index (χ3n) is 3.98. The number of benzene rings is 1. The maximum atomic E-state index is 12.2. The molecule has 0 unspecified atom stereocenters. The predicted octanol–water partition coefficient (Wildman–Crippen LogP) is 1.75. The molecule has 1 aliphatic heterocycles. The maximum absolute atomic E-state index is 12.2. The first-order valence-corrected chi connectivity index (χ1v) is 7.81. The minimum absolute atomic E-state index is 0.0560. The number of carbonyl (C=O) groups excluding carboxylic acids is 2. The molecule has 1 fully saturated rings. The molecule has 0 saturated carbocycles. The normalized spacial score (nSPS) is 14.1. The maximum Gasteiger partial charge on any atom is 0.303 e. The Morgan fingerprint density at radius 1 is 1.26 bits per heavy atom. The molecule has 0 atom stereocenters. The van der Waals surface area contributed by atoms with E-state index in [1.54, 1.807) is 19.2 Å². The van der Waals surface area contributed by atoms with Crippen molar-refractivity contribution < 1.29 is 19.5 Å². The fourth-order valence-electron chi connectivity index (χ4n) is 2.63. The number of carbonyl (C=O) groups is 3. The van der Waals surface area contributed by atoms with Crippen molar-refractivity contribution >= 4 is 17.8 Å². The first-order valence-electron chi connectivity index (χ1n) is 7.81. The van der Waals surface area contributed by atoms with Crippen LogP contribution < -0.4 is 0 Å². The fraction of sp³-hybridized carbons (Fsp3) is 0.471. The lowest BCUT2D eigenvalue weighted by Gasteiger charge is -2.18. The Kier molecular flexibility index (Phi) is 5.73. The van der Waals surface area contributed by atoms with Gasteiger partial charge in [0.15, 0.2) is 0 Å². The lowest BCUT2D eigenvalue weighted by molar-refractivity contribution is -0.137. The molecule has 1 aromatic rings. The fourth-order valence-corrected chi connectivity index (χ4v) is 2.63. The molecule has 1 saturated heterocycles. The lowest BCUT2D eigenvalue weighted by atomic mass is 10.1. The van der Waals surface area contributed by atoms with E-state index in [2.05, 4.69) is 0 Å². The molecule has 23 heavy (non-hydrogen) atoms. The van der Waals surface area contributed by atoms with Gasteiger partial charge in [0.1, 0.15) is 0 Å². The van der Waals surface area contributed by atoms with Crippen LogP contribution in [0.3, 0.4) is 0 Å². The first-order chi connectivity index (χ1) is 11.0. The van der Waals surface area contributed by atoms with Crippen LogP contribution in [0.5, 0.6) is 0 Å². The zero-order valence-electron chi connectivity index (χ0n) is 13.3. The van der Waals surface area contributed by atoms with Crippen LogP contribution in [0.4, 0.5) is 0 Å². The molecule has 6 heteroatoms. The molecule has 0 aromatic heterocycles. The summed E-state index contributed by atoms with van der Waals surface area (Å²) in [7, 11) is 1.67. The second-order valence-electron chi connectivity index (χ2n) is 5.84. The van der Waals surface area contributed by atoms with Crippen molar-refractivity contribution in [1.82, 2.24) is 9.80 Å². The Bertz CT molecular complexity index is 583. The highest BCUT2D eigenvalue weighted by Crippen LogP contribution is 2.15. The molecule has 0 spiro atoms. The minimum atomic E-state index is -0.855. The molecule has 6 nitrogen and oxygen atoms in total. The van der Waals surface area contributed by atoms with Gasteiger partial charge in [0.05, 0.1) is 0 Å². The van der Waals surface area contributed by atoms with Crippen LogP contribution in [0.25, 0.3) is 0 Å². The number of hydrogen-bond acceptors (Lipinski definition) is 3. The Morgan fingerprint density at radius 3 is 2.52 bits per heavy atom. The number of hydrogen-bond donors (Lipinski definition) is 1. The second-order valence-corrected chi connectivity index (χ2v) is 5.84. The van der Waals surface area contributed by atoms with Crippen molar-refractivity contribution in [3.63, 3.8) is 0 Å². The van der Waals surface area contributed by atoms with Crippen LogP contribution in [0, 0.1) is 0 Å². The topological polar surface area (TPSA) is 77.9 Å². The predicted molar refractivity (Wildman–Crippen MR) is 84.9 cm³/mol. The van der Waals surface area contributed by atoms with E-state index >= 15 is 0 Å². The van der Waals surface area contributed by atoms with E-state index in [0.29, 0.717) is 31.5 Å². The summed E-state index contributed by atoms with van der Waals surface area (Å²) in [5, 5.41) is 8.62. The zero-order chi connectivity index (χ0) is 16.8. The molecule has 2 rings (SSSR count). The van der Waals surface area contributed by atoms with Crippen molar-refractivity contribution in [2.24, 2.45) is 0 Å². The van der Waals surface area contributed by atoms with E-state index in [4.69, 9.17) is 5.11 Å². The van der Waals surface area contributed by atoms with E-state index < -0.39 is 5.97 Å². The van der Waals surface area contributed by atoms with E-state index in [-0.39, 0.29) is 18.2 Å². The van der Waals surface area contributed by atoms with Gasteiger partial charge in [0, 0.05) is 45.1 Å². The van der Waals surface area contributed by atoms with Gasteiger partial charge in [-0.2, -0.15) is 0 Å². The monoisotopic (exact) mass is 318 g/mol. The average molecular weight is 318 g/mol. The average Bonchev–Trinajstić information content (AvgIpc) is 2.92. The van der Waals surface area contributed by atoms with Crippen LogP contribution in [-0.2, 0) is 16.1 Å². The van der Waals surface area contributed by atoms with Gasteiger partial charge in [-0.15, -0.1) is 0 Å². The van der Waals surface area contributed by atoms with Gasteiger partial charge in [-0.3, -0.25) is 14.4 Å². The number of aliphatic carboxylic acids is 1. The summed E-state index contributed by atoms with van der Waals surface area (Å²) in [4.78, 5) is 37.7. The van der Waals surface area contributed by atoms with Crippen LogP contribution in [0.1, 0.15) is 41.6 Å². The van der Waals surface area contributed by atoms with Crippen molar-refractivity contribution in [2.75, 3.05) is 20.1 Å². The van der Waals surface area contributed by atoms with Gasteiger partial charge in [-0.05, 0) is 30.5 Å². The summed E-state index contributed by atoms with van der Waals surface area (Å²) >= 11 is 0. The quantitative estimate of drug-likeness (QED) is 0.831. The Hall–Kier alpha value is -2.37. The smallest absolute Gasteiger partial charge is 0.303 e. The lowest BCUT2D eigenvalue weighted by Crippen LogP contribution is -2.28. The minimum Gasteiger partial charge on any atom is -0.481 e. The Labute approximate surface area is 135 Å². The number of nitrogens with zero attached hydrogens (tertiary/aromatic N) is 2. The second kappa shape index (κ2) is 7.76. The van der Waals surface area contributed by atoms with Crippen molar-refractivity contribution in [1.29, 1.82) is 0 Å². The highest BCUT2D eigenvalue weighted by molar-refractivity contribution is 5.94. The molecule has 0 radical (unpaired) electrons. The van der Waals surface area contributed by atoms with E-state index in [1.165, 1.54) is 4.90 Å². The van der Waals surface area contributed by atoms with Gasteiger partial charge in [0.25, 0.3) is 5.91 Å². The summed E-state index contributed by atoms with van der Waals surface area (Å²) in [5.74, 6) is -0.797. The molecule has 1 N–H and O–H groups in total. The van der Waals surface area contributed by atoms with Crippen molar-refractivity contribution in [2.45, 2.75) is 32.2 Å². The molecule has 124 valence electrons. The molecular formula is C17H22N2O4. The van der Waals surface area contributed by atoms with Gasteiger partial charge >= 0.3 is 5.97 Å². The van der Waals surface area contributed by atoms with Crippen LogP contribution >= 0.6 is 0 Å². The SMILES string of the molecule is CN(CCCC(=O)O)C(=O)c1ccc(CN2CCCC2=O)cc1. The molecular weight excluding hydrogens is 296 g/mol. The summed E-state index contributed by atoms with van der Waals surface area (Å²) < 4.78 is 0. The van der Waals surface area contributed by atoms with Gasteiger partial charge < -0.3 is 14.9 Å². The summed E-state index contributed by atoms with van der Waals surface area (Å²) in [6, 6.07) is 7.24. The van der Waals surface area contributed by atoms with Crippen molar-refractivity contribution in [3.8, 4) is 0 Å². The van der Waals surface area contributed by atoms with Crippen LogP contribution in [0.15, 0.2) is 24.3 Å². The van der Waals surface area contributed by atoms with Gasteiger partial charge in [-0.25, -0.2) is 0 Å². The molecule has 0 bridgehead atoms.